The zero-order valence-electron chi connectivity index (χ0n) is 23.3. The van der Waals surface area contributed by atoms with Crippen LogP contribution in [-0.2, 0) is 10.2 Å². The van der Waals surface area contributed by atoms with Gasteiger partial charge < -0.3 is 4.52 Å². The van der Waals surface area contributed by atoms with Crippen LogP contribution in [0, 0.1) is 28.7 Å². The molecule has 41 heavy (non-hydrogen) atoms. The second-order valence-electron chi connectivity index (χ2n) is 12.4. The second kappa shape index (κ2) is 11.5. The van der Waals surface area contributed by atoms with Gasteiger partial charge in [0.15, 0.2) is 11.5 Å². The maximum atomic E-state index is 14.5. The zero-order valence-corrected chi connectivity index (χ0v) is 23.3. The van der Waals surface area contributed by atoms with Crippen LogP contribution in [0.25, 0.3) is 11.3 Å². The van der Waals surface area contributed by atoms with E-state index in [1.165, 1.54) is 30.7 Å². The molecule has 0 amide bonds. The summed E-state index contributed by atoms with van der Waals surface area (Å²) >= 11 is 0. The van der Waals surface area contributed by atoms with Crippen molar-refractivity contribution in [3.63, 3.8) is 0 Å². The topological polar surface area (TPSA) is 63.4 Å². The van der Waals surface area contributed by atoms with Crippen LogP contribution in [0.15, 0.2) is 47.0 Å². The first-order valence-corrected chi connectivity index (χ1v) is 14.1. The van der Waals surface area contributed by atoms with Crippen LogP contribution < -0.4 is 0 Å². The van der Waals surface area contributed by atoms with Crippen LogP contribution in [0.3, 0.4) is 0 Å². The van der Waals surface area contributed by atoms with Gasteiger partial charge in [0.25, 0.3) is 0 Å². The summed E-state index contributed by atoms with van der Waals surface area (Å²) in [6.07, 6.45) is 5.92. The number of halogens is 4. The van der Waals surface area contributed by atoms with E-state index in [0.29, 0.717) is 19.1 Å². The average molecular weight is 571 g/mol. The lowest BCUT2D eigenvalue weighted by Gasteiger charge is -2.54. The lowest BCUT2D eigenvalue weighted by atomic mass is 9.68. The van der Waals surface area contributed by atoms with Gasteiger partial charge in [-0.3, -0.25) is 14.5 Å². The fourth-order valence-corrected chi connectivity index (χ4v) is 6.57. The summed E-state index contributed by atoms with van der Waals surface area (Å²) in [6, 6.07) is 8.18. The third kappa shape index (κ3) is 6.45. The quantitative estimate of drug-likeness (QED) is 0.187. The number of hydrogen-bond donors (Lipinski definition) is 0. The predicted octanol–water partition coefficient (Wildman–Crippen LogP) is 7.43. The number of aromatic nitrogens is 1. The minimum Gasteiger partial charge on any atom is -0.355 e. The summed E-state index contributed by atoms with van der Waals surface area (Å²) in [5.74, 6) is -3.36. The molecular weight excluding hydrogens is 536 g/mol. The number of likely N-dealkylation sites (tertiary alicyclic amines) is 1. The van der Waals surface area contributed by atoms with E-state index in [9.17, 15) is 27.2 Å². The Morgan fingerprint density at radius 1 is 0.927 bits per heavy atom. The van der Waals surface area contributed by atoms with Crippen molar-refractivity contribution in [2.45, 2.75) is 76.7 Å². The third-order valence-corrected chi connectivity index (χ3v) is 8.57. The van der Waals surface area contributed by atoms with Crippen molar-refractivity contribution in [1.82, 2.24) is 10.1 Å². The number of Topliss-reactive ketones (excluding diaryl/α,β-unsaturated/α-hetero) is 2. The Hall–Kier alpha value is -3.33. The molecule has 1 aromatic heterocycles. The van der Waals surface area contributed by atoms with Gasteiger partial charge >= 0.3 is 0 Å². The van der Waals surface area contributed by atoms with Crippen LogP contribution in [0.2, 0.25) is 0 Å². The number of carbonyl (C=O) groups is 2. The third-order valence-electron chi connectivity index (χ3n) is 8.57. The van der Waals surface area contributed by atoms with E-state index in [-0.39, 0.29) is 53.4 Å². The predicted molar refractivity (Wildman–Crippen MR) is 145 cm³/mol. The molecule has 1 aliphatic carbocycles. The standard InChI is InChI=1S/C32H34F4N2O3/c1-31(2,25-11-9-21(34)13-27(25)36)15-23(39)16-32(18-38(19-32)22-6-4-3-5-7-22)17-29(40)28-14-30(41-37-28)24-10-8-20(33)12-26(24)35/h8-14,22H,3-7,15-19H2,1-2H3. The molecular formula is C32H34F4N2O3. The van der Waals surface area contributed by atoms with Crippen LogP contribution in [0.1, 0.15) is 81.3 Å². The first-order valence-electron chi connectivity index (χ1n) is 14.1. The Labute approximate surface area is 236 Å². The number of hydrogen-bond acceptors (Lipinski definition) is 5. The largest absolute Gasteiger partial charge is 0.355 e. The maximum absolute atomic E-state index is 14.5. The molecule has 1 saturated heterocycles. The first kappa shape index (κ1) is 29.2. The Balaban J connectivity index is 1.32. The first-order chi connectivity index (χ1) is 19.4. The molecule has 3 aromatic rings. The van der Waals surface area contributed by atoms with Gasteiger partial charge in [0.1, 0.15) is 34.7 Å². The van der Waals surface area contributed by atoms with Crippen molar-refractivity contribution < 1.29 is 31.7 Å². The lowest BCUT2D eigenvalue weighted by Crippen LogP contribution is -2.61. The molecule has 0 spiro atoms. The number of ketones is 2. The number of nitrogens with zero attached hydrogens (tertiary/aromatic N) is 2. The number of carbonyl (C=O) groups excluding carboxylic acids is 2. The van der Waals surface area contributed by atoms with Crippen molar-refractivity contribution >= 4 is 11.6 Å². The summed E-state index contributed by atoms with van der Waals surface area (Å²) in [6.45, 7) is 4.66. The smallest absolute Gasteiger partial charge is 0.185 e. The monoisotopic (exact) mass is 570 g/mol. The van der Waals surface area contributed by atoms with Gasteiger partial charge in [-0.05, 0) is 42.0 Å². The highest BCUT2D eigenvalue weighted by atomic mass is 19.1. The molecule has 1 aliphatic heterocycles. The van der Waals surface area contributed by atoms with E-state index in [1.807, 2.05) is 0 Å². The molecule has 2 heterocycles. The van der Waals surface area contributed by atoms with Crippen molar-refractivity contribution in [3.8, 4) is 11.3 Å². The van der Waals surface area contributed by atoms with E-state index in [1.54, 1.807) is 13.8 Å². The zero-order chi connectivity index (χ0) is 29.4. The average Bonchev–Trinajstić information content (AvgIpc) is 3.37. The molecule has 5 rings (SSSR count). The fourth-order valence-electron chi connectivity index (χ4n) is 6.57. The Morgan fingerprint density at radius 3 is 2.24 bits per heavy atom. The lowest BCUT2D eigenvalue weighted by molar-refractivity contribution is -0.127. The Kier molecular flexibility index (Phi) is 8.19. The van der Waals surface area contributed by atoms with Crippen LogP contribution in [0.5, 0.6) is 0 Å². The van der Waals surface area contributed by atoms with Gasteiger partial charge in [-0.25, -0.2) is 17.6 Å². The van der Waals surface area contributed by atoms with E-state index in [4.69, 9.17) is 4.52 Å². The second-order valence-corrected chi connectivity index (χ2v) is 12.4. The molecule has 2 fully saturated rings. The van der Waals surface area contributed by atoms with E-state index in [2.05, 4.69) is 10.1 Å². The maximum Gasteiger partial charge on any atom is 0.185 e. The van der Waals surface area contributed by atoms with Gasteiger partial charge in [0, 0.05) is 62.0 Å². The van der Waals surface area contributed by atoms with Crippen molar-refractivity contribution in [3.05, 3.63) is 77.0 Å². The van der Waals surface area contributed by atoms with Gasteiger partial charge in [0.2, 0.25) is 0 Å². The van der Waals surface area contributed by atoms with Gasteiger partial charge in [-0.1, -0.05) is 44.3 Å². The SMILES string of the molecule is CC(C)(CC(=O)CC1(CC(=O)c2cc(-c3ccc(F)cc3F)on2)CN(C2CCCCC2)C1)c1ccc(F)cc1F. The molecule has 0 atom stereocenters. The molecule has 0 bridgehead atoms. The molecule has 0 radical (unpaired) electrons. The molecule has 2 aliphatic rings. The van der Waals surface area contributed by atoms with Gasteiger partial charge in [-0.2, -0.15) is 0 Å². The molecule has 218 valence electrons. The fraction of sp³-hybridized carbons (Fsp3) is 0.469. The van der Waals surface area contributed by atoms with E-state index in [0.717, 1.165) is 43.9 Å². The summed E-state index contributed by atoms with van der Waals surface area (Å²) in [7, 11) is 0. The molecule has 0 unspecified atom stereocenters. The summed E-state index contributed by atoms with van der Waals surface area (Å²) in [5, 5.41) is 3.85. The van der Waals surface area contributed by atoms with Crippen LogP contribution in [0.4, 0.5) is 17.6 Å². The highest BCUT2D eigenvalue weighted by Gasteiger charge is 2.48. The molecule has 0 N–H and O–H groups in total. The van der Waals surface area contributed by atoms with Crippen molar-refractivity contribution in [2.24, 2.45) is 5.41 Å². The van der Waals surface area contributed by atoms with Crippen molar-refractivity contribution in [2.75, 3.05) is 13.1 Å². The van der Waals surface area contributed by atoms with Crippen molar-refractivity contribution in [1.29, 1.82) is 0 Å². The van der Waals surface area contributed by atoms with Gasteiger partial charge in [-0.15, -0.1) is 0 Å². The minimum absolute atomic E-state index is 0.00906. The molecule has 9 heteroatoms. The molecule has 1 saturated carbocycles. The minimum atomic E-state index is -0.868. The number of rotatable bonds is 10. The Bertz CT molecular complexity index is 1440. The molecule has 2 aromatic carbocycles. The van der Waals surface area contributed by atoms with E-state index >= 15 is 0 Å². The van der Waals surface area contributed by atoms with E-state index < -0.39 is 34.1 Å². The van der Waals surface area contributed by atoms with Crippen LogP contribution >= 0.6 is 0 Å². The summed E-state index contributed by atoms with van der Waals surface area (Å²) in [4.78, 5) is 29.2. The summed E-state index contributed by atoms with van der Waals surface area (Å²) in [5.41, 5.74) is -1.22. The highest BCUT2D eigenvalue weighted by Crippen LogP contribution is 2.43. The molecule has 5 nitrogen and oxygen atoms in total. The Morgan fingerprint density at radius 2 is 1.59 bits per heavy atom. The highest BCUT2D eigenvalue weighted by molar-refractivity contribution is 5.96. The van der Waals surface area contributed by atoms with Crippen LogP contribution in [-0.4, -0.2) is 40.8 Å². The normalized spacial score (nSPS) is 17.8. The van der Waals surface area contributed by atoms with Gasteiger partial charge in [0.05, 0.1) is 5.56 Å². The number of benzene rings is 2. The summed E-state index contributed by atoms with van der Waals surface area (Å²) < 4.78 is 60.8.